The number of thiophene rings is 1. The third kappa shape index (κ3) is 3.97. The molecule has 3 nitrogen and oxygen atoms in total. The van der Waals surface area contributed by atoms with E-state index in [0.29, 0.717) is 5.02 Å². The molecule has 0 aliphatic heterocycles. The topological polar surface area (TPSA) is 52.9 Å². The summed E-state index contributed by atoms with van der Waals surface area (Å²) in [6.07, 6.45) is 1.60. The summed E-state index contributed by atoms with van der Waals surface area (Å²) < 4.78 is 0. The molecule has 1 aromatic heterocycles. The normalized spacial score (nSPS) is 11.3. The van der Waals surface area contributed by atoms with Gasteiger partial charge in [0.2, 0.25) is 0 Å². The zero-order chi connectivity index (χ0) is 16.1. The van der Waals surface area contributed by atoms with Crippen LogP contribution in [-0.2, 0) is 4.79 Å². The fourth-order valence-corrected chi connectivity index (χ4v) is 3.15. The van der Waals surface area contributed by atoms with E-state index < -0.39 is 0 Å². The van der Waals surface area contributed by atoms with Crippen LogP contribution in [0.25, 0.3) is 16.5 Å². The van der Waals surface area contributed by atoms with Crippen LogP contribution in [0.4, 0.5) is 0 Å². The van der Waals surface area contributed by atoms with Crippen molar-refractivity contribution in [3.63, 3.8) is 0 Å². The summed E-state index contributed by atoms with van der Waals surface area (Å²) >= 11 is 7.67. The number of rotatable bonds is 4. The average molecular weight is 331 g/mol. The molecule has 0 saturated carbocycles. The molecule has 0 saturated heterocycles. The lowest BCUT2D eigenvalue weighted by Gasteiger charge is -2.06. The molecule has 0 unspecified atom stereocenters. The first-order valence-electron chi connectivity index (χ1n) is 6.78. The number of carbonyl (C=O) groups excluding carboxylic acids is 1. The summed E-state index contributed by atoms with van der Waals surface area (Å²) in [5, 5.41) is 12.5. The van der Waals surface area contributed by atoms with Crippen molar-refractivity contribution >= 4 is 34.9 Å². The molecule has 1 aromatic carbocycles. The van der Waals surface area contributed by atoms with Gasteiger partial charge >= 0.3 is 0 Å². The van der Waals surface area contributed by atoms with Gasteiger partial charge in [-0.25, -0.2) is 0 Å². The molecular weight excluding hydrogens is 316 g/mol. The first-order chi connectivity index (χ1) is 10.5. The van der Waals surface area contributed by atoms with E-state index in [-0.39, 0.29) is 17.5 Å². The number of benzene rings is 1. The van der Waals surface area contributed by atoms with Crippen molar-refractivity contribution < 1.29 is 4.79 Å². The van der Waals surface area contributed by atoms with Gasteiger partial charge in [-0.15, -0.1) is 11.3 Å². The van der Waals surface area contributed by atoms with Crippen LogP contribution >= 0.6 is 22.9 Å². The summed E-state index contributed by atoms with van der Waals surface area (Å²) in [6, 6.07) is 13.3. The number of hydrogen-bond acceptors (Lipinski definition) is 3. The fraction of sp³-hybridized carbons (Fsp3) is 0.176. The zero-order valence-corrected chi connectivity index (χ0v) is 13.8. The second-order valence-corrected chi connectivity index (χ2v) is 6.50. The summed E-state index contributed by atoms with van der Waals surface area (Å²) in [4.78, 5) is 13.7. The number of carbonyl (C=O) groups is 1. The van der Waals surface area contributed by atoms with Crippen LogP contribution in [0.3, 0.4) is 0 Å². The van der Waals surface area contributed by atoms with Crippen molar-refractivity contribution in [2.45, 2.75) is 19.9 Å². The standard InChI is InChI=1S/C17H15ClN2OS/c1-11(2)20-17(21)12(10-19)9-13-7-8-16(22-13)14-5-3-4-6-15(14)18/h3-9,11H,1-2H3,(H,20,21)/b12-9+. The second kappa shape index (κ2) is 7.26. The minimum atomic E-state index is -0.356. The second-order valence-electron chi connectivity index (χ2n) is 4.98. The third-order valence-corrected chi connectivity index (χ3v) is 4.23. The van der Waals surface area contributed by atoms with E-state index in [9.17, 15) is 4.79 Å². The number of nitrogens with one attached hydrogen (secondary N) is 1. The highest BCUT2D eigenvalue weighted by atomic mass is 35.5. The van der Waals surface area contributed by atoms with Gasteiger partial charge in [-0.2, -0.15) is 5.26 Å². The molecule has 1 N–H and O–H groups in total. The molecular formula is C17H15ClN2OS. The van der Waals surface area contributed by atoms with Crippen LogP contribution in [0.1, 0.15) is 18.7 Å². The smallest absolute Gasteiger partial charge is 0.262 e. The van der Waals surface area contributed by atoms with Gasteiger partial charge < -0.3 is 5.32 Å². The maximum atomic E-state index is 11.9. The summed E-state index contributed by atoms with van der Waals surface area (Å²) in [6.45, 7) is 3.71. The van der Waals surface area contributed by atoms with Crippen LogP contribution < -0.4 is 5.32 Å². The number of amides is 1. The minimum Gasteiger partial charge on any atom is -0.349 e. The van der Waals surface area contributed by atoms with E-state index >= 15 is 0 Å². The quantitative estimate of drug-likeness (QED) is 0.662. The average Bonchev–Trinajstić information content (AvgIpc) is 2.92. The van der Waals surface area contributed by atoms with Crippen molar-refractivity contribution in [3.8, 4) is 16.5 Å². The number of halogens is 1. The van der Waals surface area contributed by atoms with Crippen LogP contribution in [0.2, 0.25) is 5.02 Å². The number of nitriles is 1. The van der Waals surface area contributed by atoms with E-state index in [1.807, 2.05) is 56.3 Å². The Hall–Kier alpha value is -2.09. The minimum absolute atomic E-state index is 0.00808. The van der Waals surface area contributed by atoms with Crippen LogP contribution in [0.5, 0.6) is 0 Å². The molecule has 1 heterocycles. The van der Waals surface area contributed by atoms with E-state index in [1.165, 1.54) is 11.3 Å². The Kier molecular flexibility index (Phi) is 5.37. The maximum Gasteiger partial charge on any atom is 0.262 e. The molecule has 1 amide bonds. The van der Waals surface area contributed by atoms with Gasteiger partial charge in [0.1, 0.15) is 11.6 Å². The van der Waals surface area contributed by atoms with Crippen molar-refractivity contribution in [2.75, 3.05) is 0 Å². The van der Waals surface area contributed by atoms with Crippen LogP contribution in [-0.4, -0.2) is 11.9 Å². The van der Waals surface area contributed by atoms with Gasteiger partial charge in [-0.1, -0.05) is 29.8 Å². The number of hydrogen-bond donors (Lipinski definition) is 1. The van der Waals surface area contributed by atoms with E-state index in [4.69, 9.17) is 16.9 Å². The first-order valence-corrected chi connectivity index (χ1v) is 7.98. The van der Waals surface area contributed by atoms with Gasteiger partial charge in [-0.3, -0.25) is 4.79 Å². The molecule has 22 heavy (non-hydrogen) atoms. The highest BCUT2D eigenvalue weighted by Crippen LogP contribution is 2.33. The van der Waals surface area contributed by atoms with Gasteiger partial charge in [0, 0.05) is 26.4 Å². The van der Waals surface area contributed by atoms with Gasteiger partial charge in [0.15, 0.2) is 0 Å². The van der Waals surface area contributed by atoms with Gasteiger partial charge in [0.05, 0.1) is 0 Å². The molecule has 5 heteroatoms. The van der Waals surface area contributed by atoms with Crippen molar-refractivity contribution in [3.05, 3.63) is 51.9 Å². The van der Waals surface area contributed by atoms with Crippen LogP contribution in [0, 0.1) is 11.3 Å². The lowest BCUT2D eigenvalue weighted by molar-refractivity contribution is -0.117. The third-order valence-electron chi connectivity index (χ3n) is 2.84. The Labute approximate surface area is 138 Å². The highest BCUT2D eigenvalue weighted by Gasteiger charge is 2.11. The Bertz CT molecular complexity index is 756. The fourth-order valence-electron chi connectivity index (χ4n) is 1.87. The Morgan fingerprint density at radius 2 is 2.05 bits per heavy atom. The van der Waals surface area contributed by atoms with E-state index in [1.54, 1.807) is 6.08 Å². The van der Waals surface area contributed by atoms with Crippen molar-refractivity contribution in [2.24, 2.45) is 0 Å². The lowest BCUT2D eigenvalue weighted by Crippen LogP contribution is -2.30. The van der Waals surface area contributed by atoms with Gasteiger partial charge in [-0.05, 0) is 38.1 Å². The molecule has 0 bridgehead atoms. The molecule has 0 fully saturated rings. The summed E-state index contributed by atoms with van der Waals surface area (Å²) in [5.74, 6) is -0.356. The molecule has 0 spiro atoms. The molecule has 0 radical (unpaired) electrons. The highest BCUT2D eigenvalue weighted by molar-refractivity contribution is 7.16. The zero-order valence-electron chi connectivity index (χ0n) is 12.3. The van der Waals surface area contributed by atoms with Crippen LogP contribution in [0.15, 0.2) is 42.0 Å². The van der Waals surface area contributed by atoms with Gasteiger partial charge in [0.25, 0.3) is 5.91 Å². The molecule has 0 aliphatic carbocycles. The Balaban J connectivity index is 2.28. The molecule has 2 rings (SSSR count). The van der Waals surface area contributed by atoms with Crippen molar-refractivity contribution in [1.82, 2.24) is 5.32 Å². The molecule has 2 aromatic rings. The number of nitrogens with zero attached hydrogens (tertiary/aromatic N) is 1. The van der Waals surface area contributed by atoms with Crippen molar-refractivity contribution in [1.29, 1.82) is 5.26 Å². The monoisotopic (exact) mass is 330 g/mol. The maximum absolute atomic E-state index is 11.9. The lowest BCUT2D eigenvalue weighted by atomic mass is 10.2. The first kappa shape index (κ1) is 16.3. The predicted molar refractivity (Wildman–Crippen MR) is 91.6 cm³/mol. The Morgan fingerprint density at radius 3 is 2.68 bits per heavy atom. The SMILES string of the molecule is CC(C)NC(=O)/C(C#N)=C/c1ccc(-c2ccccc2Cl)s1. The molecule has 112 valence electrons. The van der Waals surface area contributed by atoms with E-state index in [2.05, 4.69) is 5.32 Å². The summed E-state index contributed by atoms with van der Waals surface area (Å²) in [5.41, 5.74) is 1.04. The predicted octanol–water partition coefficient (Wildman–Crippen LogP) is 4.50. The Morgan fingerprint density at radius 1 is 1.32 bits per heavy atom. The molecule has 0 aliphatic rings. The van der Waals surface area contributed by atoms with E-state index in [0.717, 1.165) is 15.3 Å². The largest absolute Gasteiger partial charge is 0.349 e. The summed E-state index contributed by atoms with van der Waals surface area (Å²) in [7, 11) is 0. The molecule has 0 atom stereocenters.